The van der Waals surface area contributed by atoms with Crippen molar-refractivity contribution in [1.82, 2.24) is 15.3 Å². The van der Waals surface area contributed by atoms with E-state index in [9.17, 15) is 0 Å². The average molecular weight is 197 g/mol. The van der Waals surface area contributed by atoms with Gasteiger partial charge in [0.25, 0.3) is 0 Å². The SMILES string of the molecule is CCCCN=C(NO)n1cc(N)cn1. The van der Waals surface area contributed by atoms with Crippen molar-refractivity contribution in [2.45, 2.75) is 19.8 Å². The summed E-state index contributed by atoms with van der Waals surface area (Å²) in [7, 11) is 0. The number of aromatic nitrogens is 2. The van der Waals surface area contributed by atoms with E-state index in [0.717, 1.165) is 12.8 Å². The molecule has 1 aromatic rings. The quantitative estimate of drug-likeness (QED) is 0.284. The summed E-state index contributed by atoms with van der Waals surface area (Å²) in [5.41, 5.74) is 7.99. The molecule has 0 saturated heterocycles. The third-order valence-electron chi connectivity index (χ3n) is 1.69. The third kappa shape index (κ3) is 2.74. The van der Waals surface area contributed by atoms with Crippen LogP contribution in [-0.4, -0.2) is 27.5 Å². The minimum Gasteiger partial charge on any atom is -0.396 e. The summed E-state index contributed by atoms with van der Waals surface area (Å²) in [6.07, 6.45) is 5.10. The van der Waals surface area contributed by atoms with E-state index in [1.807, 2.05) is 5.48 Å². The first-order chi connectivity index (χ1) is 6.77. The highest BCUT2D eigenvalue weighted by Crippen LogP contribution is 1.97. The van der Waals surface area contributed by atoms with Crippen LogP contribution in [0.25, 0.3) is 0 Å². The van der Waals surface area contributed by atoms with E-state index in [1.165, 1.54) is 10.9 Å². The molecule has 0 atom stereocenters. The van der Waals surface area contributed by atoms with E-state index in [1.54, 1.807) is 6.20 Å². The van der Waals surface area contributed by atoms with Crippen LogP contribution in [0.3, 0.4) is 0 Å². The minimum absolute atomic E-state index is 0.287. The number of hydrogen-bond donors (Lipinski definition) is 3. The Balaban J connectivity index is 2.66. The van der Waals surface area contributed by atoms with Gasteiger partial charge in [0, 0.05) is 6.54 Å². The maximum absolute atomic E-state index is 8.81. The molecule has 0 unspecified atom stereocenters. The van der Waals surface area contributed by atoms with Crippen molar-refractivity contribution < 1.29 is 5.21 Å². The smallest absolute Gasteiger partial charge is 0.243 e. The average Bonchev–Trinajstić information content (AvgIpc) is 2.60. The first-order valence-electron chi connectivity index (χ1n) is 4.53. The van der Waals surface area contributed by atoms with Gasteiger partial charge in [0.1, 0.15) is 0 Å². The number of nitrogens with one attached hydrogen (secondary N) is 1. The van der Waals surface area contributed by atoms with E-state index >= 15 is 0 Å². The second kappa shape index (κ2) is 5.23. The fourth-order valence-electron chi connectivity index (χ4n) is 0.955. The van der Waals surface area contributed by atoms with E-state index in [4.69, 9.17) is 10.9 Å². The zero-order valence-electron chi connectivity index (χ0n) is 8.14. The lowest BCUT2D eigenvalue weighted by atomic mass is 10.3. The van der Waals surface area contributed by atoms with Crippen LogP contribution in [0.4, 0.5) is 5.69 Å². The number of hydrogen-bond acceptors (Lipinski definition) is 4. The van der Waals surface area contributed by atoms with Gasteiger partial charge in [0.2, 0.25) is 5.96 Å². The van der Waals surface area contributed by atoms with Crippen molar-refractivity contribution in [3.05, 3.63) is 12.4 Å². The van der Waals surface area contributed by atoms with Crippen LogP contribution in [0.15, 0.2) is 17.4 Å². The van der Waals surface area contributed by atoms with Crippen molar-refractivity contribution in [2.75, 3.05) is 12.3 Å². The molecule has 1 aromatic heterocycles. The van der Waals surface area contributed by atoms with Gasteiger partial charge in [-0.15, -0.1) is 0 Å². The van der Waals surface area contributed by atoms with E-state index < -0.39 is 0 Å². The van der Waals surface area contributed by atoms with Crippen molar-refractivity contribution >= 4 is 11.6 Å². The molecule has 0 amide bonds. The fraction of sp³-hybridized carbons (Fsp3) is 0.500. The molecule has 0 fully saturated rings. The van der Waals surface area contributed by atoms with Crippen molar-refractivity contribution in [2.24, 2.45) is 4.99 Å². The predicted molar refractivity (Wildman–Crippen MR) is 54.2 cm³/mol. The number of aliphatic imine (C=N–C) groups is 1. The molecule has 1 heterocycles. The lowest BCUT2D eigenvalue weighted by molar-refractivity contribution is 0.228. The van der Waals surface area contributed by atoms with E-state index in [-0.39, 0.29) is 5.96 Å². The van der Waals surface area contributed by atoms with Gasteiger partial charge < -0.3 is 5.73 Å². The number of hydroxylamine groups is 1. The summed E-state index contributed by atoms with van der Waals surface area (Å²) < 4.78 is 1.39. The highest BCUT2D eigenvalue weighted by atomic mass is 16.5. The first-order valence-corrected chi connectivity index (χ1v) is 4.53. The van der Waals surface area contributed by atoms with Crippen LogP contribution in [-0.2, 0) is 0 Å². The summed E-state index contributed by atoms with van der Waals surface area (Å²) in [6, 6.07) is 0. The van der Waals surface area contributed by atoms with Crippen molar-refractivity contribution in [3.8, 4) is 0 Å². The van der Waals surface area contributed by atoms with Gasteiger partial charge in [-0.05, 0) is 6.42 Å². The molecule has 6 nitrogen and oxygen atoms in total. The maximum atomic E-state index is 8.81. The van der Waals surface area contributed by atoms with Gasteiger partial charge >= 0.3 is 0 Å². The Hall–Kier alpha value is -1.56. The van der Waals surface area contributed by atoms with Crippen molar-refractivity contribution in [3.63, 3.8) is 0 Å². The molecule has 0 spiro atoms. The summed E-state index contributed by atoms with van der Waals surface area (Å²) in [4.78, 5) is 4.12. The number of nitrogens with zero attached hydrogens (tertiary/aromatic N) is 3. The zero-order chi connectivity index (χ0) is 10.4. The van der Waals surface area contributed by atoms with Crippen molar-refractivity contribution in [1.29, 1.82) is 0 Å². The van der Waals surface area contributed by atoms with Crippen LogP contribution in [0.5, 0.6) is 0 Å². The lowest BCUT2D eigenvalue weighted by Crippen LogP contribution is -2.28. The Kier molecular flexibility index (Phi) is 3.93. The Morgan fingerprint density at radius 2 is 2.57 bits per heavy atom. The lowest BCUT2D eigenvalue weighted by Gasteiger charge is -2.03. The Morgan fingerprint density at radius 3 is 3.07 bits per heavy atom. The number of nitrogen functional groups attached to an aromatic ring is 1. The summed E-state index contributed by atoms with van der Waals surface area (Å²) in [6.45, 7) is 2.73. The maximum Gasteiger partial charge on any atom is 0.243 e. The molecule has 6 heteroatoms. The normalized spacial score (nSPS) is 11.7. The van der Waals surface area contributed by atoms with Gasteiger partial charge in [-0.25, -0.2) is 15.2 Å². The Labute approximate surface area is 82.4 Å². The van der Waals surface area contributed by atoms with Gasteiger partial charge in [-0.2, -0.15) is 5.10 Å². The van der Waals surface area contributed by atoms with Crippen LogP contribution in [0.1, 0.15) is 19.8 Å². The minimum atomic E-state index is 0.287. The van der Waals surface area contributed by atoms with E-state index in [0.29, 0.717) is 12.2 Å². The fourth-order valence-corrected chi connectivity index (χ4v) is 0.955. The van der Waals surface area contributed by atoms with E-state index in [2.05, 4.69) is 17.0 Å². The number of anilines is 1. The molecule has 0 radical (unpaired) electrons. The van der Waals surface area contributed by atoms with Gasteiger partial charge in [0.05, 0.1) is 18.1 Å². The highest BCUT2D eigenvalue weighted by Gasteiger charge is 2.01. The monoisotopic (exact) mass is 197 g/mol. The second-order valence-electron chi connectivity index (χ2n) is 2.89. The van der Waals surface area contributed by atoms with Gasteiger partial charge in [-0.3, -0.25) is 5.21 Å². The molecule has 4 N–H and O–H groups in total. The van der Waals surface area contributed by atoms with Crippen LogP contribution in [0, 0.1) is 0 Å². The molecule has 0 aliphatic carbocycles. The Bertz CT molecular complexity index is 306. The molecule has 0 aromatic carbocycles. The third-order valence-corrected chi connectivity index (χ3v) is 1.69. The largest absolute Gasteiger partial charge is 0.396 e. The topological polar surface area (TPSA) is 88.5 Å². The van der Waals surface area contributed by atoms with Crippen LogP contribution >= 0.6 is 0 Å². The van der Waals surface area contributed by atoms with Gasteiger partial charge in [-0.1, -0.05) is 13.3 Å². The predicted octanol–water partition coefficient (Wildman–Crippen LogP) is 0.448. The first kappa shape index (κ1) is 10.5. The molecule has 0 saturated carbocycles. The number of unbranched alkanes of at least 4 members (excludes halogenated alkanes) is 1. The summed E-state index contributed by atoms with van der Waals surface area (Å²) in [5.74, 6) is 0.287. The molecular formula is C8H15N5O. The Morgan fingerprint density at radius 1 is 1.79 bits per heavy atom. The zero-order valence-corrected chi connectivity index (χ0v) is 8.14. The van der Waals surface area contributed by atoms with Crippen LogP contribution in [0.2, 0.25) is 0 Å². The van der Waals surface area contributed by atoms with Gasteiger partial charge in [0.15, 0.2) is 0 Å². The molecule has 78 valence electrons. The molecule has 1 rings (SSSR count). The summed E-state index contributed by atoms with van der Waals surface area (Å²) in [5, 5.41) is 12.7. The summed E-state index contributed by atoms with van der Waals surface area (Å²) >= 11 is 0. The number of rotatable bonds is 3. The standard InChI is InChI=1S/C8H15N5O/c1-2-3-4-10-8(12-14)13-6-7(9)5-11-13/h5-6,14H,2-4,9H2,1H3,(H,10,12). The molecule has 0 bridgehead atoms. The second-order valence-corrected chi connectivity index (χ2v) is 2.89. The molecule has 0 aliphatic heterocycles. The molecule has 0 aliphatic rings. The molecular weight excluding hydrogens is 182 g/mol. The highest BCUT2D eigenvalue weighted by molar-refractivity contribution is 5.80. The number of nitrogens with two attached hydrogens (primary N) is 1. The van der Waals surface area contributed by atoms with Crippen LogP contribution < -0.4 is 11.2 Å². The molecule has 14 heavy (non-hydrogen) atoms.